The Morgan fingerprint density at radius 1 is 1.37 bits per heavy atom. The van der Waals surface area contributed by atoms with Gasteiger partial charge in [0.15, 0.2) is 0 Å². The first kappa shape index (κ1) is 13.2. The summed E-state index contributed by atoms with van der Waals surface area (Å²) in [5.74, 6) is -0.667. The number of primary amides is 1. The van der Waals surface area contributed by atoms with Crippen LogP contribution in [0.3, 0.4) is 0 Å². The monoisotopic (exact) mass is 262 g/mol. The molecule has 0 radical (unpaired) electrons. The molecule has 1 aliphatic carbocycles. The van der Waals surface area contributed by atoms with Crippen molar-refractivity contribution in [2.75, 3.05) is 11.1 Å². The second-order valence-corrected chi connectivity index (χ2v) is 4.82. The summed E-state index contributed by atoms with van der Waals surface area (Å²) in [6.07, 6.45) is 2.07. The van der Waals surface area contributed by atoms with E-state index in [1.807, 2.05) is 0 Å². The zero-order valence-electron chi connectivity index (χ0n) is 10.8. The number of benzene rings is 1. The fourth-order valence-corrected chi connectivity index (χ4v) is 1.74. The van der Waals surface area contributed by atoms with Gasteiger partial charge in [0.2, 0.25) is 5.91 Å². The lowest BCUT2D eigenvalue weighted by atomic mass is 10.1. The standard InChI is InChI=1S/C13H18N4O2/c1-7(13(19)17-9-3-4-9)16-11-5-2-8(14)6-10(11)12(15)18/h2,5-7,9,16H,3-4,14H2,1H3,(H2,15,18)(H,17,19). The van der Waals surface area contributed by atoms with E-state index in [0.29, 0.717) is 17.4 Å². The molecule has 102 valence electrons. The summed E-state index contributed by atoms with van der Waals surface area (Å²) in [6, 6.07) is 4.66. The van der Waals surface area contributed by atoms with E-state index in [4.69, 9.17) is 11.5 Å². The summed E-state index contributed by atoms with van der Waals surface area (Å²) in [7, 11) is 0. The molecule has 1 aromatic rings. The first-order valence-electron chi connectivity index (χ1n) is 6.23. The minimum absolute atomic E-state index is 0.0882. The zero-order chi connectivity index (χ0) is 14.0. The minimum Gasteiger partial charge on any atom is -0.399 e. The lowest BCUT2D eigenvalue weighted by Crippen LogP contribution is -2.39. The molecule has 0 aliphatic heterocycles. The van der Waals surface area contributed by atoms with Crippen LogP contribution in [0, 0.1) is 0 Å². The molecule has 0 aromatic heterocycles. The van der Waals surface area contributed by atoms with Gasteiger partial charge in [0.25, 0.3) is 5.91 Å². The van der Waals surface area contributed by atoms with Crippen LogP contribution in [-0.2, 0) is 4.79 Å². The number of rotatable bonds is 5. The van der Waals surface area contributed by atoms with E-state index >= 15 is 0 Å². The zero-order valence-corrected chi connectivity index (χ0v) is 10.8. The van der Waals surface area contributed by atoms with E-state index in [2.05, 4.69) is 10.6 Å². The van der Waals surface area contributed by atoms with Gasteiger partial charge in [0.1, 0.15) is 6.04 Å². The molecule has 1 fully saturated rings. The molecule has 6 heteroatoms. The molecule has 1 aliphatic rings. The van der Waals surface area contributed by atoms with Crippen LogP contribution in [0.5, 0.6) is 0 Å². The lowest BCUT2D eigenvalue weighted by molar-refractivity contribution is -0.121. The Morgan fingerprint density at radius 3 is 2.63 bits per heavy atom. The molecule has 2 amide bonds. The van der Waals surface area contributed by atoms with Gasteiger partial charge in [0, 0.05) is 17.4 Å². The van der Waals surface area contributed by atoms with Gasteiger partial charge in [-0.15, -0.1) is 0 Å². The van der Waals surface area contributed by atoms with E-state index < -0.39 is 11.9 Å². The number of anilines is 2. The molecule has 6 N–H and O–H groups in total. The van der Waals surface area contributed by atoms with Crippen molar-refractivity contribution < 1.29 is 9.59 Å². The Labute approximate surface area is 111 Å². The van der Waals surface area contributed by atoms with Gasteiger partial charge in [-0.1, -0.05) is 0 Å². The van der Waals surface area contributed by atoms with Gasteiger partial charge in [0.05, 0.1) is 5.56 Å². The van der Waals surface area contributed by atoms with Crippen LogP contribution in [-0.4, -0.2) is 23.9 Å². The number of nitrogen functional groups attached to an aromatic ring is 1. The maximum absolute atomic E-state index is 11.8. The molecule has 2 rings (SSSR count). The van der Waals surface area contributed by atoms with Gasteiger partial charge in [-0.25, -0.2) is 0 Å². The minimum atomic E-state index is -0.579. The first-order chi connectivity index (χ1) is 8.97. The van der Waals surface area contributed by atoms with Crippen LogP contribution in [0.4, 0.5) is 11.4 Å². The summed E-state index contributed by atoms with van der Waals surface area (Å²) in [4.78, 5) is 23.2. The Morgan fingerprint density at radius 2 is 2.05 bits per heavy atom. The van der Waals surface area contributed by atoms with Gasteiger partial charge in [-0.2, -0.15) is 0 Å². The van der Waals surface area contributed by atoms with Gasteiger partial charge in [-0.3, -0.25) is 9.59 Å². The molecule has 1 unspecified atom stereocenters. The summed E-state index contributed by atoms with van der Waals surface area (Å²) < 4.78 is 0. The summed E-state index contributed by atoms with van der Waals surface area (Å²) in [6.45, 7) is 1.73. The number of carbonyl (C=O) groups is 2. The fraction of sp³-hybridized carbons (Fsp3) is 0.385. The predicted octanol–water partition coefficient (Wildman–Crippen LogP) is 0.447. The van der Waals surface area contributed by atoms with Crippen molar-refractivity contribution in [3.05, 3.63) is 23.8 Å². The third-order valence-corrected chi connectivity index (χ3v) is 3.00. The smallest absolute Gasteiger partial charge is 0.250 e. The van der Waals surface area contributed by atoms with Gasteiger partial charge < -0.3 is 22.1 Å². The molecular weight excluding hydrogens is 244 g/mol. The summed E-state index contributed by atoms with van der Waals surface area (Å²) >= 11 is 0. The highest BCUT2D eigenvalue weighted by molar-refractivity contribution is 6.00. The first-order valence-corrected chi connectivity index (χ1v) is 6.23. The van der Waals surface area contributed by atoms with E-state index in [0.717, 1.165) is 12.8 Å². The molecule has 6 nitrogen and oxygen atoms in total. The van der Waals surface area contributed by atoms with Crippen molar-refractivity contribution in [2.45, 2.75) is 31.8 Å². The summed E-state index contributed by atoms with van der Waals surface area (Å²) in [5.41, 5.74) is 12.2. The Balaban J connectivity index is 2.08. The van der Waals surface area contributed by atoms with Crippen molar-refractivity contribution in [1.82, 2.24) is 5.32 Å². The van der Waals surface area contributed by atoms with Crippen LogP contribution < -0.4 is 22.1 Å². The second kappa shape index (κ2) is 5.17. The molecule has 0 spiro atoms. The van der Waals surface area contributed by atoms with Crippen molar-refractivity contribution in [3.63, 3.8) is 0 Å². The fourth-order valence-electron chi connectivity index (χ4n) is 1.74. The molecule has 0 saturated heterocycles. The van der Waals surface area contributed by atoms with Gasteiger partial charge in [-0.05, 0) is 38.0 Å². The van der Waals surface area contributed by atoms with E-state index in [9.17, 15) is 9.59 Å². The lowest BCUT2D eigenvalue weighted by Gasteiger charge is -2.17. The van der Waals surface area contributed by atoms with Crippen molar-refractivity contribution in [1.29, 1.82) is 0 Å². The number of hydrogen-bond donors (Lipinski definition) is 4. The molecular formula is C13H18N4O2. The van der Waals surface area contributed by atoms with Crippen molar-refractivity contribution >= 4 is 23.2 Å². The highest BCUT2D eigenvalue weighted by Gasteiger charge is 2.25. The number of nitrogens with two attached hydrogens (primary N) is 2. The third-order valence-electron chi connectivity index (χ3n) is 3.00. The normalized spacial score (nSPS) is 15.6. The molecule has 1 atom stereocenters. The number of nitrogens with one attached hydrogen (secondary N) is 2. The number of carbonyl (C=O) groups excluding carboxylic acids is 2. The average Bonchev–Trinajstić information content (AvgIpc) is 3.14. The van der Waals surface area contributed by atoms with Crippen LogP contribution in [0.25, 0.3) is 0 Å². The predicted molar refractivity (Wildman–Crippen MR) is 73.6 cm³/mol. The second-order valence-electron chi connectivity index (χ2n) is 4.82. The van der Waals surface area contributed by atoms with E-state index in [-0.39, 0.29) is 11.5 Å². The van der Waals surface area contributed by atoms with Crippen molar-refractivity contribution in [3.8, 4) is 0 Å². The third kappa shape index (κ3) is 3.37. The quantitative estimate of drug-likeness (QED) is 0.577. The highest BCUT2D eigenvalue weighted by Crippen LogP contribution is 2.21. The Bertz CT molecular complexity index is 511. The average molecular weight is 262 g/mol. The molecule has 1 aromatic carbocycles. The van der Waals surface area contributed by atoms with Crippen LogP contribution in [0.15, 0.2) is 18.2 Å². The van der Waals surface area contributed by atoms with Gasteiger partial charge >= 0.3 is 0 Å². The van der Waals surface area contributed by atoms with Crippen LogP contribution in [0.2, 0.25) is 0 Å². The summed E-state index contributed by atoms with van der Waals surface area (Å²) in [5, 5.41) is 5.88. The molecule has 1 saturated carbocycles. The van der Waals surface area contributed by atoms with E-state index in [1.165, 1.54) is 6.07 Å². The number of amides is 2. The maximum atomic E-state index is 11.8. The highest BCUT2D eigenvalue weighted by atomic mass is 16.2. The SMILES string of the molecule is CC(Nc1ccc(N)cc1C(N)=O)C(=O)NC1CC1. The Hall–Kier alpha value is -2.24. The topological polar surface area (TPSA) is 110 Å². The van der Waals surface area contributed by atoms with E-state index in [1.54, 1.807) is 19.1 Å². The molecule has 0 heterocycles. The Kier molecular flexibility index (Phi) is 3.59. The molecule has 0 bridgehead atoms. The molecule has 19 heavy (non-hydrogen) atoms. The largest absolute Gasteiger partial charge is 0.399 e. The van der Waals surface area contributed by atoms with Crippen molar-refractivity contribution in [2.24, 2.45) is 5.73 Å². The van der Waals surface area contributed by atoms with Crippen LogP contribution >= 0.6 is 0 Å². The number of hydrogen-bond acceptors (Lipinski definition) is 4. The maximum Gasteiger partial charge on any atom is 0.250 e. The van der Waals surface area contributed by atoms with Crippen LogP contribution in [0.1, 0.15) is 30.1 Å².